The molecule has 0 fully saturated rings. The van der Waals surface area contributed by atoms with Crippen LogP contribution >= 0.6 is 0 Å². The average Bonchev–Trinajstić information content (AvgIpc) is 2.82. The number of methoxy groups -OCH3 is 1. The maximum atomic E-state index is 5.76. The molecule has 0 spiro atoms. The summed E-state index contributed by atoms with van der Waals surface area (Å²) in [4.78, 5) is 0. The number of nitrogens with zero attached hydrogens (tertiary/aromatic N) is 3. The van der Waals surface area contributed by atoms with Crippen molar-refractivity contribution >= 4 is 0 Å². The van der Waals surface area contributed by atoms with Crippen molar-refractivity contribution in [2.24, 2.45) is 0 Å². The van der Waals surface area contributed by atoms with E-state index in [1.807, 2.05) is 26.0 Å². The Bertz CT molecular complexity index is 697. The largest absolute Gasteiger partial charge is 0.493 e. The van der Waals surface area contributed by atoms with Gasteiger partial charge in [0.15, 0.2) is 11.5 Å². The summed E-state index contributed by atoms with van der Waals surface area (Å²) in [6, 6.07) is 6.06. The molecule has 1 aliphatic heterocycles. The van der Waals surface area contributed by atoms with Crippen molar-refractivity contribution < 1.29 is 9.47 Å². The van der Waals surface area contributed by atoms with Crippen LogP contribution in [-0.4, -0.2) is 28.0 Å². The zero-order valence-electron chi connectivity index (χ0n) is 15.4. The van der Waals surface area contributed by atoms with Crippen LogP contribution in [0.5, 0.6) is 11.5 Å². The van der Waals surface area contributed by atoms with Gasteiger partial charge in [-0.2, -0.15) is 0 Å². The summed E-state index contributed by atoms with van der Waals surface area (Å²) in [5, 5.41) is 12.2. The predicted octanol–water partition coefficient (Wildman–Crippen LogP) is 3.09. The van der Waals surface area contributed by atoms with Gasteiger partial charge in [0, 0.05) is 19.5 Å². The first-order chi connectivity index (χ1) is 12.2. The van der Waals surface area contributed by atoms with Crippen molar-refractivity contribution in [2.45, 2.75) is 65.3 Å². The number of benzene rings is 1. The summed E-state index contributed by atoms with van der Waals surface area (Å²) in [5.41, 5.74) is 1.16. The summed E-state index contributed by atoms with van der Waals surface area (Å²) in [6.07, 6.45) is 4.88. The molecule has 0 atom stereocenters. The topological polar surface area (TPSA) is 61.2 Å². The van der Waals surface area contributed by atoms with Crippen LogP contribution in [-0.2, 0) is 26.1 Å². The molecule has 136 valence electrons. The average molecular weight is 344 g/mol. The molecule has 0 unspecified atom stereocenters. The first-order valence-corrected chi connectivity index (χ1v) is 9.12. The first-order valence-electron chi connectivity index (χ1n) is 9.12. The molecule has 1 aliphatic rings. The Hall–Kier alpha value is -2.08. The second-order valence-corrected chi connectivity index (χ2v) is 6.75. The van der Waals surface area contributed by atoms with Gasteiger partial charge in [-0.15, -0.1) is 10.2 Å². The van der Waals surface area contributed by atoms with Gasteiger partial charge < -0.3 is 19.4 Å². The Balaban J connectivity index is 1.60. The van der Waals surface area contributed by atoms with Crippen LogP contribution in [0.1, 0.15) is 50.3 Å². The van der Waals surface area contributed by atoms with Gasteiger partial charge in [-0.25, -0.2) is 0 Å². The van der Waals surface area contributed by atoms with E-state index in [1.165, 1.54) is 19.3 Å². The van der Waals surface area contributed by atoms with Crippen LogP contribution in [0.25, 0.3) is 0 Å². The standard InChI is InChI=1S/C19H28N4O2/c1-14(2)25-16-9-8-15(11-17(16)24-3)12-20-13-19-22-21-18-7-5-4-6-10-23(18)19/h8-9,11,14,20H,4-7,10,12-13H2,1-3H3. The second kappa shape index (κ2) is 8.34. The molecule has 1 aromatic heterocycles. The van der Waals surface area contributed by atoms with E-state index in [-0.39, 0.29) is 6.10 Å². The fraction of sp³-hybridized carbons (Fsp3) is 0.579. The number of rotatable bonds is 7. The zero-order valence-corrected chi connectivity index (χ0v) is 15.4. The molecule has 6 nitrogen and oxygen atoms in total. The van der Waals surface area contributed by atoms with E-state index in [2.05, 4.69) is 26.1 Å². The third-order valence-electron chi connectivity index (χ3n) is 4.39. The zero-order chi connectivity index (χ0) is 17.6. The smallest absolute Gasteiger partial charge is 0.161 e. The van der Waals surface area contributed by atoms with Crippen molar-refractivity contribution in [1.29, 1.82) is 0 Å². The molecule has 0 aliphatic carbocycles. The van der Waals surface area contributed by atoms with E-state index in [4.69, 9.17) is 9.47 Å². The molecular weight excluding hydrogens is 316 g/mol. The van der Waals surface area contributed by atoms with Gasteiger partial charge in [-0.3, -0.25) is 0 Å². The molecule has 0 radical (unpaired) electrons. The lowest BCUT2D eigenvalue weighted by Gasteiger charge is -2.15. The summed E-state index contributed by atoms with van der Waals surface area (Å²) in [7, 11) is 1.67. The van der Waals surface area contributed by atoms with Crippen molar-refractivity contribution in [1.82, 2.24) is 20.1 Å². The summed E-state index contributed by atoms with van der Waals surface area (Å²) in [6.45, 7) is 6.53. The Morgan fingerprint density at radius 3 is 2.80 bits per heavy atom. The first kappa shape index (κ1) is 17.7. The molecule has 0 saturated carbocycles. The Morgan fingerprint density at radius 1 is 1.12 bits per heavy atom. The summed E-state index contributed by atoms with van der Waals surface area (Å²) in [5.74, 6) is 3.71. The van der Waals surface area contributed by atoms with Gasteiger partial charge in [0.1, 0.15) is 11.6 Å². The quantitative estimate of drug-likeness (QED) is 0.836. The fourth-order valence-corrected chi connectivity index (χ4v) is 3.17. The Kier molecular flexibility index (Phi) is 5.91. The minimum Gasteiger partial charge on any atom is -0.493 e. The summed E-state index contributed by atoms with van der Waals surface area (Å²) < 4.78 is 13.5. The van der Waals surface area contributed by atoms with Crippen molar-refractivity contribution in [3.63, 3.8) is 0 Å². The lowest BCUT2D eigenvalue weighted by atomic mass is 10.2. The molecule has 1 N–H and O–H groups in total. The molecule has 2 aromatic rings. The second-order valence-electron chi connectivity index (χ2n) is 6.75. The van der Waals surface area contributed by atoms with E-state index < -0.39 is 0 Å². The number of hydrogen-bond donors (Lipinski definition) is 1. The van der Waals surface area contributed by atoms with Crippen molar-refractivity contribution in [2.75, 3.05) is 7.11 Å². The normalized spacial score (nSPS) is 14.2. The Morgan fingerprint density at radius 2 is 2.00 bits per heavy atom. The SMILES string of the molecule is COc1cc(CNCc2nnc3n2CCCCC3)ccc1OC(C)C. The van der Waals surface area contributed by atoms with Gasteiger partial charge in [-0.05, 0) is 44.4 Å². The third-order valence-corrected chi connectivity index (χ3v) is 4.39. The summed E-state index contributed by atoms with van der Waals surface area (Å²) >= 11 is 0. The van der Waals surface area contributed by atoms with Gasteiger partial charge in [0.05, 0.1) is 19.8 Å². The number of hydrogen-bond acceptors (Lipinski definition) is 5. The van der Waals surface area contributed by atoms with Crippen LogP contribution in [0.4, 0.5) is 0 Å². The van der Waals surface area contributed by atoms with Crippen molar-refractivity contribution in [3.05, 3.63) is 35.4 Å². The van der Waals surface area contributed by atoms with Crippen LogP contribution in [0.3, 0.4) is 0 Å². The van der Waals surface area contributed by atoms with E-state index in [9.17, 15) is 0 Å². The van der Waals surface area contributed by atoms with Gasteiger partial charge in [0.25, 0.3) is 0 Å². The molecule has 6 heteroatoms. The van der Waals surface area contributed by atoms with Gasteiger partial charge in [-0.1, -0.05) is 12.5 Å². The highest BCUT2D eigenvalue weighted by Crippen LogP contribution is 2.29. The highest BCUT2D eigenvalue weighted by atomic mass is 16.5. The van der Waals surface area contributed by atoms with Crippen LogP contribution in [0.15, 0.2) is 18.2 Å². The molecule has 0 saturated heterocycles. The molecule has 0 amide bonds. The van der Waals surface area contributed by atoms with Crippen LogP contribution < -0.4 is 14.8 Å². The maximum Gasteiger partial charge on any atom is 0.161 e. The molecule has 25 heavy (non-hydrogen) atoms. The van der Waals surface area contributed by atoms with Crippen LogP contribution in [0, 0.1) is 0 Å². The highest BCUT2D eigenvalue weighted by Gasteiger charge is 2.14. The van der Waals surface area contributed by atoms with Crippen molar-refractivity contribution in [3.8, 4) is 11.5 Å². The maximum absolute atomic E-state index is 5.76. The molecular formula is C19H28N4O2. The number of aryl methyl sites for hydroxylation is 1. The number of fused-ring (bicyclic) bond motifs is 1. The molecule has 2 heterocycles. The number of aromatic nitrogens is 3. The van der Waals surface area contributed by atoms with E-state index in [1.54, 1.807) is 7.11 Å². The predicted molar refractivity (Wildman–Crippen MR) is 96.9 cm³/mol. The number of ether oxygens (including phenoxy) is 2. The minimum atomic E-state index is 0.126. The van der Waals surface area contributed by atoms with E-state index in [0.29, 0.717) is 0 Å². The minimum absolute atomic E-state index is 0.126. The van der Waals surface area contributed by atoms with Crippen LogP contribution in [0.2, 0.25) is 0 Å². The van der Waals surface area contributed by atoms with Gasteiger partial charge in [0.2, 0.25) is 0 Å². The lowest BCUT2D eigenvalue weighted by Crippen LogP contribution is -2.17. The lowest BCUT2D eigenvalue weighted by molar-refractivity contribution is 0.230. The van der Waals surface area contributed by atoms with E-state index >= 15 is 0 Å². The monoisotopic (exact) mass is 344 g/mol. The highest BCUT2D eigenvalue weighted by molar-refractivity contribution is 5.43. The Labute approximate surface area is 149 Å². The van der Waals surface area contributed by atoms with Gasteiger partial charge >= 0.3 is 0 Å². The third kappa shape index (κ3) is 4.51. The molecule has 0 bridgehead atoms. The molecule has 1 aromatic carbocycles. The van der Waals surface area contributed by atoms with E-state index in [0.717, 1.165) is 54.8 Å². The fourth-order valence-electron chi connectivity index (χ4n) is 3.17. The number of nitrogens with one attached hydrogen (secondary N) is 1. The molecule has 3 rings (SSSR count).